The van der Waals surface area contributed by atoms with Gasteiger partial charge in [0.05, 0.1) is 0 Å². The maximum absolute atomic E-state index is 12.4. The van der Waals surface area contributed by atoms with Crippen LogP contribution in [0.5, 0.6) is 0 Å². The topological polar surface area (TPSA) is 75.6 Å². The molecule has 1 amide bonds. The van der Waals surface area contributed by atoms with E-state index >= 15 is 0 Å². The van der Waals surface area contributed by atoms with Gasteiger partial charge in [0.1, 0.15) is 11.5 Å². The number of benzene rings is 1. The second kappa shape index (κ2) is 6.37. The first-order valence-corrected chi connectivity index (χ1v) is 8.02. The summed E-state index contributed by atoms with van der Waals surface area (Å²) in [4.78, 5) is 16.7. The van der Waals surface area contributed by atoms with E-state index < -0.39 is 0 Å². The van der Waals surface area contributed by atoms with Crippen molar-refractivity contribution in [3.8, 4) is 11.4 Å². The third-order valence-corrected chi connectivity index (χ3v) is 3.87. The van der Waals surface area contributed by atoms with Crippen molar-refractivity contribution in [2.45, 2.75) is 20.4 Å². The zero-order valence-corrected chi connectivity index (χ0v) is 14.4. The summed E-state index contributed by atoms with van der Waals surface area (Å²) in [6.07, 6.45) is 1.89. The summed E-state index contributed by atoms with van der Waals surface area (Å²) in [5.41, 5.74) is 2.24. The molecular formula is C16H16BrN5O. The van der Waals surface area contributed by atoms with Gasteiger partial charge in [0.2, 0.25) is 0 Å². The Labute approximate surface area is 142 Å². The van der Waals surface area contributed by atoms with Crippen molar-refractivity contribution in [1.82, 2.24) is 19.7 Å². The number of halogens is 1. The van der Waals surface area contributed by atoms with Crippen molar-refractivity contribution in [2.75, 3.05) is 5.32 Å². The molecule has 23 heavy (non-hydrogen) atoms. The molecular weight excluding hydrogens is 358 g/mol. The van der Waals surface area contributed by atoms with E-state index in [9.17, 15) is 4.79 Å². The first-order valence-electron chi connectivity index (χ1n) is 7.23. The summed E-state index contributed by atoms with van der Waals surface area (Å²) in [5.74, 6) is 1.27. The lowest BCUT2D eigenvalue weighted by molar-refractivity contribution is 0.101. The number of carbonyl (C=O) groups excluding carboxylic acids is 1. The lowest BCUT2D eigenvalue weighted by Crippen LogP contribution is -2.16. The van der Waals surface area contributed by atoms with E-state index in [1.165, 1.54) is 0 Å². The van der Waals surface area contributed by atoms with Gasteiger partial charge < -0.3 is 9.88 Å². The van der Waals surface area contributed by atoms with Crippen LogP contribution in [0, 0.1) is 6.92 Å². The molecule has 0 radical (unpaired) electrons. The minimum Gasteiger partial charge on any atom is -0.343 e. The lowest BCUT2D eigenvalue weighted by atomic mass is 10.2. The first-order chi connectivity index (χ1) is 11.1. The summed E-state index contributed by atoms with van der Waals surface area (Å²) in [6, 6.07) is 9.25. The molecule has 0 atom stereocenters. The summed E-state index contributed by atoms with van der Waals surface area (Å²) in [5, 5.41) is 9.83. The molecule has 2 N–H and O–H groups in total. The van der Waals surface area contributed by atoms with Crippen LogP contribution in [0.2, 0.25) is 0 Å². The molecule has 3 rings (SSSR count). The highest BCUT2D eigenvalue weighted by Gasteiger charge is 2.12. The number of anilines is 1. The second-order valence-electron chi connectivity index (χ2n) is 5.11. The van der Waals surface area contributed by atoms with E-state index in [4.69, 9.17) is 0 Å². The minimum absolute atomic E-state index is 0.140. The molecule has 6 nitrogen and oxygen atoms in total. The Morgan fingerprint density at radius 1 is 1.35 bits per heavy atom. The maximum atomic E-state index is 12.4. The Kier molecular flexibility index (Phi) is 4.29. The van der Waals surface area contributed by atoms with Gasteiger partial charge in [0, 0.05) is 28.5 Å². The van der Waals surface area contributed by atoms with E-state index in [0.717, 1.165) is 28.1 Å². The van der Waals surface area contributed by atoms with Gasteiger partial charge in [-0.2, -0.15) is 5.10 Å². The molecule has 2 aromatic heterocycles. The fraction of sp³-hybridized carbons (Fsp3) is 0.188. The van der Waals surface area contributed by atoms with Gasteiger partial charge in [-0.1, -0.05) is 0 Å². The van der Waals surface area contributed by atoms with Crippen molar-refractivity contribution in [2.24, 2.45) is 0 Å². The lowest BCUT2D eigenvalue weighted by Gasteiger charge is -2.08. The highest BCUT2D eigenvalue weighted by atomic mass is 79.9. The summed E-state index contributed by atoms with van der Waals surface area (Å²) < 4.78 is 2.78. The van der Waals surface area contributed by atoms with Gasteiger partial charge >= 0.3 is 0 Å². The van der Waals surface area contributed by atoms with Crippen molar-refractivity contribution in [3.63, 3.8) is 0 Å². The monoisotopic (exact) mass is 373 g/mol. The average molecular weight is 374 g/mol. The number of hydrogen-bond donors (Lipinski definition) is 2. The predicted octanol–water partition coefficient (Wildman–Crippen LogP) is 3.62. The van der Waals surface area contributed by atoms with Gasteiger partial charge in [0.25, 0.3) is 5.91 Å². The van der Waals surface area contributed by atoms with E-state index in [0.29, 0.717) is 11.5 Å². The van der Waals surface area contributed by atoms with Crippen molar-refractivity contribution in [3.05, 3.63) is 52.5 Å². The second-order valence-corrected chi connectivity index (χ2v) is 6.02. The van der Waals surface area contributed by atoms with Crippen molar-refractivity contribution >= 4 is 27.5 Å². The summed E-state index contributed by atoms with van der Waals surface area (Å²) >= 11 is 3.40. The molecule has 3 aromatic rings. The van der Waals surface area contributed by atoms with Crippen LogP contribution < -0.4 is 5.32 Å². The third kappa shape index (κ3) is 3.34. The Bertz CT molecular complexity index is 835. The van der Waals surface area contributed by atoms with Crippen LogP contribution in [0.25, 0.3) is 11.4 Å². The number of nitrogens with one attached hydrogen (secondary N) is 2. The number of carbonyl (C=O) groups is 1. The van der Waals surface area contributed by atoms with Gasteiger partial charge in [-0.3, -0.25) is 9.89 Å². The molecule has 0 unspecified atom stereocenters. The Hall–Kier alpha value is -2.41. The summed E-state index contributed by atoms with van der Waals surface area (Å²) in [7, 11) is 0. The van der Waals surface area contributed by atoms with Gasteiger partial charge in [0.15, 0.2) is 5.82 Å². The van der Waals surface area contributed by atoms with Crippen LogP contribution in [-0.2, 0) is 6.54 Å². The smallest absolute Gasteiger partial charge is 0.272 e. The number of rotatable bonds is 4. The van der Waals surface area contributed by atoms with Gasteiger partial charge in [-0.15, -0.1) is 0 Å². The fourth-order valence-corrected chi connectivity index (χ4v) is 2.76. The standard InChI is InChI=1S/C16H16BrN5O/c1-3-22-9-12(17)8-14(22)16(23)19-13-6-4-11(5-7-13)15-18-10(2)20-21-15/h4-9H,3H2,1-2H3,(H,19,23)(H,18,20,21). The molecule has 0 bridgehead atoms. The van der Waals surface area contributed by atoms with Gasteiger partial charge in [-0.25, -0.2) is 4.98 Å². The van der Waals surface area contributed by atoms with Crippen LogP contribution in [0.1, 0.15) is 23.2 Å². The predicted molar refractivity (Wildman–Crippen MR) is 92.3 cm³/mol. The Balaban J connectivity index is 1.76. The number of aryl methyl sites for hydroxylation is 2. The highest BCUT2D eigenvalue weighted by Crippen LogP contribution is 2.20. The number of amides is 1. The number of H-pyrrole nitrogens is 1. The Morgan fingerprint density at radius 3 is 2.70 bits per heavy atom. The molecule has 0 aliphatic carbocycles. The van der Waals surface area contributed by atoms with Gasteiger partial charge in [-0.05, 0) is 60.1 Å². The van der Waals surface area contributed by atoms with Crippen molar-refractivity contribution in [1.29, 1.82) is 0 Å². The number of hydrogen-bond acceptors (Lipinski definition) is 3. The van der Waals surface area contributed by atoms with E-state index in [1.807, 2.05) is 54.9 Å². The normalized spacial score (nSPS) is 10.7. The average Bonchev–Trinajstić information content (AvgIpc) is 3.13. The quantitative estimate of drug-likeness (QED) is 0.733. The van der Waals surface area contributed by atoms with Crippen molar-refractivity contribution < 1.29 is 4.79 Å². The maximum Gasteiger partial charge on any atom is 0.272 e. The van der Waals surface area contributed by atoms with Crippen LogP contribution in [-0.4, -0.2) is 25.7 Å². The largest absolute Gasteiger partial charge is 0.343 e. The molecule has 0 saturated heterocycles. The molecule has 0 saturated carbocycles. The van der Waals surface area contributed by atoms with Crippen LogP contribution >= 0.6 is 15.9 Å². The molecule has 1 aromatic carbocycles. The molecule has 0 aliphatic heterocycles. The van der Waals surface area contributed by atoms with Crippen LogP contribution in [0.3, 0.4) is 0 Å². The van der Waals surface area contributed by atoms with Crippen LogP contribution in [0.4, 0.5) is 5.69 Å². The zero-order chi connectivity index (χ0) is 16.4. The van der Waals surface area contributed by atoms with Crippen LogP contribution in [0.15, 0.2) is 41.0 Å². The minimum atomic E-state index is -0.140. The number of nitrogens with zero attached hydrogens (tertiary/aromatic N) is 3. The summed E-state index contributed by atoms with van der Waals surface area (Å²) in [6.45, 7) is 4.58. The molecule has 0 fully saturated rings. The van der Waals surface area contributed by atoms with E-state index in [1.54, 1.807) is 0 Å². The molecule has 0 aliphatic rings. The highest BCUT2D eigenvalue weighted by molar-refractivity contribution is 9.10. The SMILES string of the molecule is CCn1cc(Br)cc1C(=O)Nc1ccc(-c2n[nH]c(C)n2)cc1. The fourth-order valence-electron chi connectivity index (χ4n) is 2.30. The third-order valence-electron chi connectivity index (χ3n) is 3.43. The molecule has 118 valence electrons. The molecule has 2 heterocycles. The van der Waals surface area contributed by atoms with E-state index in [-0.39, 0.29) is 5.91 Å². The number of aromatic amines is 1. The molecule has 7 heteroatoms. The first kappa shape index (κ1) is 15.5. The molecule has 0 spiro atoms. The Morgan fingerprint density at radius 2 is 2.09 bits per heavy atom. The zero-order valence-electron chi connectivity index (χ0n) is 12.8. The number of aromatic nitrogens is 4. The van der Waals surface area contributed by atoms with E-state index in [2.05, 4.69) is 36.4 Å².